The summed E-state index contributed by atoms with van der Waals surface area (Å²) < 4.78 is 0. The van der Waals surface area contributed by atoms with Crippen LogP contribution in [0.4, 0.5) is 0 Å². The number of allylic oxidation sites excluding steroid dienone is 4. The molecule has 0 saturated heterocycles. The second kappa shape index (κ2) is 20.4. The molecule has 0 aromatic rings. The molecule has 0 N–H and O–H groups in total. The highest BCUT2D eigenvalue weighted by Crippen LogP contribution is 1.98. The summed E-state index contributed by atoms with van der Waals surface area (Å²) in [7, 11) is 0. The first kappa shape index (κ1) is 21.3. The zero-order chi connectivity index (χ0) is 14.1. The maximum atomic E-state index is 3.66. The van der Waals surface area contributed by atoms with Crippen molar-refractivity contribution >= 4 is 0 Å². The van der Waals surface area contributed by atoms with Crippen LogP contribution in [-0.2, 0) is 0 Å². The van der Waals surface area contributed by atoms with E-state index in [1.165, 1.54) is 19.3 Å². The lowest BCUT2D eigenvalue weighted by Gasteiger charge is -1.88. The minimum atomic E-state index is 1.06. The molecule has 0 heterocycles. The lowest BCUT2D eigenvalue weighted by molar-refractivity contribution is 0.871. The Hall–Kier alpha value is -1.04. The van der Waals surface area contributed by atoms with Crippen molar-refractivity contribution in [3.05, 3.63) is 49.6 Å². The van der Waals surface area contributed by atoms with E-state index in [1.807, 2.05) is 26.0 Å². The molecule has 0 aromatic carbocycles. The Morgan fingerprint density at radius 2 is 1.12 bits per heavy atom. The Kier molecular flexibility index (Phi) is 25.5. The largest absolute Gasteiger partial charge is 0.103 e. The van der Waals surface area contributed by atoms with Gasteiger partial charge in [0.15, 0.2) is 0 Å². The number of unbranched alkanes of at least 4 members (excludes halogenated alkanes) is 3. The van der Waals surface area contributed by atoms with Gasteiger partial charge in [-0.2, -0.15) is 0 Å². The Morgan fingerprint density at radius 3 is 1.24 bits per heavy atom. The summed E-state index contributed by atoms with van der Waals surface area (Å²) in [5, 5.41) is 0. The van der Waals surface area contributed by atoms with Crippen LogP contribution in [0.1, 0.15) is 59.8 Å². The Balaban J connectivity index is -0.000000180. The van der Waals surface area contributed by atoms with Crippen LogP contribution in [0.2, 0.25) is 0 Å². The van der Waals surface area contributed by atoms with Gasteiger partial charge in [-0.3, -0.25) is 0 Å². The minimum Gasteiger partial charge on any atom is -0.103 e. The van der Waals surface area contributed by atoms with E-state index in [-0.39, 0.29) is 0 Å². The first-order valence-corrected chi connectivity index (χ1v) is 6.50. The quantitative estimate of drug-likeness (QED) is 0.281. The van der Waals surface area contributed by atoms with Gasteiger partial charge in [0.25, 0.3) is 0 Å². The van der Waals surface area contributed by atoms with E-state index >= 15 is 0 Å². The van der Waals surface area contributed by atoms with E-state index in [0.29, 0.717) is 0 Å². The fourth-order valence-electron chi connectivity index (χ4n) is 0.407. The molecule has 100 valence electrons. The number of hydrogen-bond donors (Lipinski definition) is 0. The van der Waals surface area contributed by atoms with Gasteiger partial charge in [-0.15, -0.1) is 13.2 Å². The lowest BCUT2D eigenvalue weighted by Crippen LogP contribution is -1.67. The maximum absolute atomic E-state index is 3.66. The zero-order valence-electron chi connectivity index (χ0n) is 12.5. The predicted octanol–water partition coefficient (Wildman–Crippen LogP) is 6.47. The fraction of sp³-hybridized carbons (Fsp3) is 0.529. The van der Waals surface area contributed by atoms with Crippen molar-refractivity contribution in [1.29, 1.82) is 0 Å². The van der Waals surface area contributed by atoms with Crippen molar-refractivity contribution in [2.24, 2.45) is 0 Å². The molecule has 0 heteroatoms. The van der Waals surface area contributed by atoms with Crippen LogP contribution in [0.3, 0.4) is 0 Å². The van der Waals surface area contributed by atoms with Crippen molar-refractivity contribution in [2.75, 3.05) is 0 Å². The van der Waals surface area contributed by atoms with Crippen LogP contribution in [0.15, 0.2) is 49.6 Å². The molecular formula is C17H32. The summed E-state index contributed by atoms with van der Waals surface area (Å²) in [5.41, 5.74) is 2.13. The third-order valence-electron chi connectivity index (χ3n) is 2.05. The lowest BCUT2D eigenvalue weighted by atomic mass is 10.2. The van der Waals surface area contributed by atoms with Gasteiger partial charge in [0, 0.05) is 0 Å². The van der Waals surface area contributed by atoms with Crippen molar-refractivity contribution in [3.63, 3.8) is 0 Å². The minimum absolute atomic E-state index is 1.06. The standard InChI is InChI=1S/C7H12.C6H10.C4H10/c1-3-5-7-6-4-2;1-5(2)6(3)4;1-3-4-2/h3-4H,1-2,5-7H2;1,3H2,2,4H3;3-4H2,1-2H3. The van der Waals surface area contributed by atoms with E-state index in [9.17, 15) is 0 Å². The van der Waals surface area contributed by atoms with Crippen molar-refractivity contribution in [3.8, 4) is 0 Å². The molecule has 0 amide bonds. The van der Waals surface area contributed by atoms with Crippen LogP contribution in [0.25, 0.3) is 0 Å². The van der Waals surface area contributed by atoms with Crippen molar-refractivity contribution < 1.29 is 0 Å². The zero-order valence-corrected chi connectivity index (χ0v) is 12.5. The first-order valence-electron chi connectivity index (χ1n) is 6.50. The van der Waals surface area contributed by atoms with Gasteiger partial charge in [0.2, 0.25) is 0 Å². The number of hydrogen-bond acceptors (Lipinski definition) is 0. The average Bonchev–Trinajstić information content (AvgIpc) is 2.31. The van der Waals surface area contributed by atoms with Crippen molar-refractivity contribution in [2.45, 2.75) is 59.8 Å². The molecular weight excluding hydrogens is 204 g/mol. The fourth-order valence-corrected chi connectivity index (χ4v) is 0.407. The first-order chi connectivity index (χ1) is 7.97. The van der Waals surface area contributed by atoms with Gasteiger partial charge in [0.1, 0.15) is 0 Å². The molecule has 0 atom stereocenters. The molecule has 0 rings (SSSR count). The third kappa shape index (κ3) is 39.7. The van der Waals surface area contributed by atoms with Crippen LogP contribution >= 0.6 is 0 Å². The molecule has 0 radical (unpaired) electrons. The van der Waals surface area contributed by atoms with E-state index < -0.39 is 0 Å². The monoisotopic (exact) mass is 236 g/mol. The number of rotatable bonds is 6. The van der Waals surface area contributed by atoms with Crippen LogP contribution in [0, 0.1) is 0 Å². The molecule has 0 aliphatic rings. The van der Waals surface area contributed by atoms with Crippen LogP contribution < -0.4 is 0 Å². The van der Waals surface area contributed by atoms with Gasteiger partial charge in [0.05, 0.1) is 0 Å². The van der Waals surface area contributed by atoms with Crippen LogP contribution in [0.5, 0.6) is 0 Å². The van der Waals surface area contributed by atoms with E-state index in [1.54, 1.807) is 0 Å². The molecule has 0 unspecified atom stereocenters. The van der Waals surface area contributed by atoms with E-state index in [4.69, 9.17) is 0 Å². The molecule has 0 aliphatic heterocycles. The summed E-state index contributed by atoms with van der Waals surface area (Å²) >= 11 is 0. The Bertz CT molecular complexity index is 174. The molecule has 17 heavy (non-hydrogen) atoms. The summed E-state index contributed by atoms with van der Waals surface area (Å²) in [5.74, 6) is 0. The molecule has 0 aromatic heterocycles. The molecule has 0 nitrogen and oxygen atoms in total. The normalized spacial score (nSPS) is 7.76. The summed E-state index contributed by atoms with van der Waals surface area (Å²) in [4.78, 5) is 0. The van der Waals surface area contributed by atoms with Gasteiger partial charge in [-0.05, 0) is 33.1 Å². The summed E-state index contributed by atoms with van der Waals surface area (Å²) in [6.45, 7) is 22.8. The Morgan fingerprint density at radius 1 is 0.824 bits per heavy atom. The third-order valence-corrected chi connectivity index (χ3v) is 2.05. The van der Waals surface area contributed by atoms with Gasteiger partial charge < -0.3 is 0 Å². The molecule has 0 saturated carbocycles. The average molecular weight is 236 g/mol. The predicted molar refractivity (Wildman–Crippen MR) is 84.5 cm³/mol. The summed E-state index contributed by atoms with van der Waals surface area (Å²) in [6, 6.07) is 0. The van der Waals surface area contributed by atoms with Gasteiger partial charge in [-0.1, -0.05) is 63.1 Å². The topological polar surface area (TPSA) is 0 Å². The van der Waals surface area contributed by atoms with Crippen molar-refractivity contribution in [1.82, 2.24) is 0 Å². The SMILES string of the molecule is C=C(C)C(=C)C.C=CCCCC=C.CCCC. The Labute approximate surface area is 110 Å². The second-order valence-corrected chi connectivity index (χ2v) is 4.07. The maximum Gasteiger partial charge on any atom is -0.0350 e. The molecule has 0 fully saturated rings. The highest BCUT2D eigenvalue weighted by atomic mass is 13.8. The highest BCUT2D eigenvalue weighted by molar-refractivity contribution is 5.19. The van der Waals surface area contributed by atoms with E-state index in [2.05, 4.69) is 40.2 Å². The molecule has 0 spiro atoms. The van der Waals surface area contributed by atoms with Gasteiger partial charge >= 0.3 is 0 Å². The summed E-state index contributed by atoms with van der Waals surface area (Å²) in [6.07, 6.45) is 9.94. The smallest absolute Gasteiger partial charge is 0.0350 e. The van der Waals surface area contributed by atoms with E-state index in [0.717, 1.165) is 24.0 Å². The van der Waals surface area contributed by atoms with Crippen LogP contribution in [-0.4, -0.2) is 0 Å². The highest BCUT2D eigenvalue weighted by Gasteiger charge is 1.77. The van der Waals surface area contributed by atoms with Gasteiger partial charge in [-0.25, -0.2) is 0 Å². The second-order valence-electron chi connectivity index (χ2n) is 4.07. The molecule has 0 aliphatic carbocycles. The molecule has 0 bridgehead atoms.